The molecule has 7 heteroatoms. The highest BCUT2D eigenvalue weighted by atomic mass is 79.9. The fraction of sp³-hybridized carbons (Fsp3) is 0.182. The molecule has 0 unspecified atom stereocenters. The van der Waals surface area contributed by atoms with Crippen molar-refractivity contribution in [3.05, 3.63) is 29.0 Å². The lowest BCUT2D eigenvalue weighted by atomic mass is 10.2. The van der Waals surface area contributed by atoms with Gasteiger partial charge in [0.2, 0.25) is 5.91 Å². The molecule has 0 aromatic carbocycles. The number of carbonyl (C=O) groups is 2. The molecule has 0 atom stereocenters. The summed E-state index contributed by atoms with van der Waals surface area (Å²) in [6, 6.07) is 3.31. The van der Waals surface area contributed by atoms with Gasteiger partial charge < -0.3 is 0 Å². The number of pyridine rings is 1. The first-order chi connectivity index (χ1) is 8.65. The van der Waals surface area contributed by atoms with Gasteiger partial charge in [-0.2, -0.15) is 5.10 Å². The summed E-state index contributed by atoms with van der Waals surface area (Å²) in [5.74, 6) is -0.240. The van der Waals surface area contributed by atoms with E-state index in [0.29, 0.717) is 18.7 Å². The van der Waals surface area contributed by atoms with E-state index in [9.17, 15) is 9.59 Å². The normalized spacial score (nSPS) is 16.2. The highest BCUT2D eigenvalue weighted by Crippen LogP contribution is 2.25. The lowest BCUT2D eigenvalue weighted by Crippen LogP contribution is -2.49. The minimum absolute atomic E-state index is 0.240. The Hall–Kier alpha value is -1.89. The topological polar surface area (TPSA) is 66.7 Å². The molecule has 1 saturated heterocycles. The quantitative estimate of drug-likeness (QED) is 0.869. The zero-order valence-electron chi connectivity index (χ0n) is 9.26. The second-order valence-electron chi connectivity index (χ2n) is 3.96. The van der Waals surface area contributed by atoms with Crippen LogP contribution in [0.2, 0.25) is 0 Å². The SMILES string of the molecule is O=C1CCN(c2cc(Br)c3ccnn3c2)C(=O)N1. The molecule has 1 aliphatic rings. The van der Waals surface area contributed by atoms with Crippen molar-refractivity contribution in [3.63, 3.8) is 0 Å². The monoisotopic (exact) mass is 308 g/mol. The number of nitrogens with zero attached hydrogens (tertiary/aromatic N) is 3. The minimum Gasteiger partial charge on any atom is -0.292 e. The summed E-state index contributed by atoms with van der Waals surface area (Å²) in [4.78, 5) is 24.4. The van der Waals surface area contributed by atoms with Gasteiger partial charge in [-0.1, -0.05) is 0 Å². The van der Waals surface area contributed by atoms with Crippen LogP contribution in [-0.4, -0.2) is 28.1 Å². The lowest BCUT2D eigenvalue weighted by Gasteiger charge is -2.26. The van der Waals surface area contributed by atoms with Crippen LogP contribution < -0.4 is 10.2 Å². The van der Waals surface area contributed by atoms with E-state index in [1.807, 2.05) is 12.1 Å². The number of amides is 3. The van der Waals surface area contributed by atoms with E-state index in [2.05, 4.69) is 26.3 Å². The molecule has 92 valence electrons. The van der Waals surface area contributed by atoms with Crippen LogP contribution in [-0.2, 0) is 4.79 Å². The second kappa shape index (κ2) is 4.09. The van der Waals surface area contributed by atoms with Gasteiger partial charge in [0, 0.05) is 17.4 Å². The summed E-state index contributed by atoms with van der Waals surface area (Å²) in [5.41, 5.74) is 1.62. The van der Waals surface area contributed by atoms with Crippen LogP contribution in [0.25, 0.3) is 5.52 Å². The first kappa shape index (κ1) is 11.2. The molecule has 0 saturated carbocycles. The average molecular weight is 309 g/mol. The van der Waals surface area contributed by atoms with E-state index < -0.39 is 6.03 Å². The Morgan fingerprint density at radius 2 is 2.22 bits per heavy atom. The Bertz CT molecular complexity index is 652. The third-order valence-electron chi connectivity index (χ3n) is 2.81. The maximum absolute atomic E-state index is 11.7. The van der Waals surface area contributed by atoms with Crippen LogP contribution in [0.3, 0.4) is 0 Å². The van der Waals surface area contributed by atoms with Crippen LogP contribution in [0.1, 0.15) is 6.42 Å². The molecule has 3 amide bonds. The van der Waals surface area contributed by atoms with E-state index in [4.69, 9.17) is 0 Å². The maximum atomic E-state index is 11.7. The van der Waals surface area contributed by atoms with Crippen molar-refractivity contribution in [1.82, 2.24) is 14.9 Å². The molecule has 1 aliphatic heterocycles. The number of urea groups is 1. The molecule has 1 fully saturated rings. The van der Waals surface area contributed by atoms with Gasteiger partial charge in [0.05, 0.1) is 23.6 Å². The largest absolute Gasteiger partial charge is 0.328 e. The molecule has 2 aromatic rings. The predicted octanol–water partition coefficient (Wildman–Crippen LogP) is 1.54. The zero-order valence-corrected chi connectivity index (χ0v) is 10.8. The van der Waals surface area contributed by atoms with Gasteiger partial charge in [-0.25, -0.2) is 9.31 Å². The van der Waals surface area contributed by atoms with Crippen LogP contribution in [0.15, 0.2) is 29.0 Å². The highest BCUT2D eigenvalue weighted by Gasteiger charge is 2.24. The summed E-state index contributed by atoms with van der Waals surface area (Å²) < 4.78 is 2.53. The van der Waals surface area contributed by atoms with E-state index in [1.165, 1.54) is 4.90 Å². The third kappa shape index (κ3) is 1.76. The molecular weight excluding hydrogens is 300 g/mol. The second-order valence-corrected chi connectivity index (χ2v) is 4.82. The summed E-state index contributed by atoms with van der Waals surface area (Å²) in [6.07, 6.45) is 3.75. The number of fused-ring (bicyclic) bond motifs is 1. The van der Waals surface area contributed by atoms with Gasteiger partial charge in [0.25, 0.3) is 0 Å². The number of imide groups is 1. The molecule has 0 aliphatic carbocycles. The predicted molar refractivity (Wildman–Crippen MR) is 68.4 cm³/mol. The Balaban J connectivity index is 2.03. The molecule has 3 heterocycles. The number of aromatic nitrogens is 2. The van der Waals surface area contributed by atoms with Crippen molar-refractivity contribution in [2.75, 3.05) is 11.4 Å². The molecule has 1 N–H and O–H groups in total. The van der Waals surface area contributed by atoms with Crippen LogP contribution >= 0.6 is 15.9 Å². The molecule has 6 nitrogen and oxygen atoms in total. The highest BCUT2D eigenvalue weighted by molar-refractivity contribution is 9.10. The molecular formula is C11H9BrN4O2. The molecule has 0 spiro atoms. The number of halogens is 1. The van der Waals surface area contributed by atoms with E-state index >= 15 is 0 Å². The summed E-state index contributed by atoms with van der Waals surface area (Å²) >= 11 is 3.44. The number of hydrogen-bond acceptors (Lipinski definition) is 3. The number of nitrogens with one attached hydrogen (secondary N) is 1. The van der Waals surface area contributed by atoms with Crippen LogP contribution in [0.5, 0.6) is 0 Å². The van der Waals surface area contributed by atoms with E-state index in [1.54, 1.807) is 16.9 Å². The minimum atomic E-state index is -0.398. The number of anilines is 1. The maximum Gasteiger partial charge on any atom is 0.328 e. The molecule has 2 aromatic heterocycles. The average Bonchev–Trinajstić information content (AvgIpc) is 2.77. The van der Waals surface area contributed by atoms with Crippen molar-refractivity contribution in [2.45, 2.75) is 6.42 Å². The Labute approximate surface area is 111 Å². The third-order valence-corrected chi connectivity index (χ3v) is 3.44. The first-order valence-corrected chi connectivity index (χ1v) is 6.19. The summed E-state index contributed by atoms with van der Waals surface area (Å²) in [5, 5.41) is 6.43. The number of rotatable bonds is 1. The van der Waals surface area contributed by atoms with Crippen molar-refractivity contribution in [2.24, 2.45) is 0 Å². The van der Waals surface area contributed by atoms with Gasteiger partial charge in [-0.05, 0) is 28.1 Å². The van der Waals surface area contributed by atoms with Gasteiger partial charge in [-0.3, -0.25) is 15.0 Å². The van der Waals surface area contributed by atoms with Gasteiger partial charge >= 0.3 is 6.03 Å². The number of carbonyl (C=O) groups excluding carboxylic acids is 2. The molecule has 3 rings (SSSR count). The van der Waals surface area contributed by atoms with E-state index in [0.717, 1.165) is 9.99 Å². The zero-order chi connectivity index (χ0) is 12.7. The number of hydrogen-bond donors (Lipinski definition) is 1. The summed E-state index contributed by atoms with van der Waals surface area (Å²) in [7, 11) is 0. The molecule has 0 radical (unpaired) electrons. The Kier molecular flexibility index (Phi) is 2.55. The van der Waals surface area contributed by atoms with Gasteiger partial charge in [0.1, 0.15) is 0 Å². The molecule has 0 bridgehead atoms. The Morgan fingerprint density at radius 3 is 3.00 bits per heavy atom. The van der Waals surface area contributed by atoms with Crippen molar-refractivity contribution >= 4 is 39.1 Å². The van der Waals surface area contributed by atoms with Crippen molar-refractivity contribution in [1.29, 1.82) is 0 Å². The van der Waals surface area contributed by atoms with Crippen molar-refractivity contribution in [3.8, 4) is 0 Å². The Morgan fingerprint density at radius 1 is 1.39 bits per heavy atom. The lowest BCUT2D eigenvalue weighted by molar-refractivity contribution is -0.120. The fourth-order valence-electron chi connectivity index (χ4n) is 1.93. The van der Waals surface area contributed by atoms with Gasteiger partial charge in [0.15, 0.2) is 0 Å². The fourth-order valence-corrected chi connectivity index (χ4v) is 2.48. The van der Waals surface area contributed by atoms with Crippen LogP contribution in [0.4, 0.5) is 10.5 Å². The smallest absolute Gasteiger partial charge is 0.292 e. The first-order valence-electron chi connectivity index (χ1n) is 5.39. The van der Waals surface area contributed by atoms with Gasteiger partial charge in [-0.15, -0.1) is 0 Å². The summed E-state index contributed by atoms with van der Waals surface area (Å²) in [6.45, 7) is 0.379. The molecule has 18 heavy (non-hydrogen) atoms. The standard InChI is InChI=1S/C11H9BrN4O2/c12-8-5-7(6-16-9(8)1-3-13-16)15-4-2-10(17)14-11(15)18/h1,3,5-6H,2,4H2,(H,14,17,18). The van der Waals surface area contributed by atoms with Crippen molar-refractivity contribution < 1.29 is 9.59 Å². The van der Waals surface area contributed by atoms with Crippen LogP contribution in [0, 0.1) is 0 Å². The van der Waals surface area contributed by atoms with E-state index in [-0.39, 0.29) is 5.91 Å².